The Hall–Kier alpha value is -2.42. The van der Waals surface area contributed by atoms with Crippen molar-refractivity contribution in [2.75, 3.05) is 32.1 Å². The van der Waals surface area contributed by atoms with Gasteiger partial charge in [0, 0.05) is 25.3 Å². The molecule has 1 aliphatic heterocycles. The lowest BCUT2D eigenvalue weighted by Crippen LogP contribution is -2.51. The predicted molar refractivity (Wildman–Crippen MR) is 108 cm³/mol. The third-order valence-corrected chi connectivity index (χ3v) is 6.54. The fourth-order valence-electron chi connectivity index (χ4n) is 3.16. The van der Waals surface area contributed by atoms with Crippen LogP contribution >= 0.6 is 0 Å². The number of ether oxygens (including phenoxy) is 1. The number of carbonyl (C=O) groups excluding carboxylic acids is 1. The van der Waals surface area contributed by atoms with E-state index in [0.29, 0.717) is 25.2 Å². The third-order valence-electron chi connectivity index (χ3n) is 4.61. The highest BCUT2D eigenvalue weighted by Crippen LogP contribution is 2.21. The van der Waals surface area contributed by atoms with Crippen molar-refractivity contribution in [2.45, 2.75) is 19.9 Å². The standard InChI is InChI=1S/C20H25N3O4S/c1-16-5-3-6-18(13-16)21-20(24)15-23-12-4-11-22(28(23,25)26)14-17-7-9-19(27-2)10-8-17/h3,5-10,13H,4,11-12,14-15H2,1-2H3,(H,21,24). The molecular formula is C20H25N3O4S. The fraction of sp³-hybridized carbons (Fsp3) is 0.350. The molecule has 1 N–H and O–H groups in total. The van der Waals surface area contributed by atoms with Crippen LogP contribution in [0, 0.1) is 6.92 Å². The molecule has 2 aromatic carbocycles. The highest BCUT2D eigenvalue weighted by molar-refractivity contribution is 7.86. The predicted octanol–water partition coefficient (Wildman–Crippen LogP) is 2.39. The summed E-state index contributed by atoms with van der Waals surface area (Å²) in [6.45, 7) is 2.77. The molecule has 1 amide bonds. The lowest BCUT2D eigenvalue weighted by molar-refractivity contribution is -0.116. The second-order valence-corrected chi connectivity index (χ2v) is 8.72. The molecule has 0 spiro atoms. The van der Waals surface area contributed by atoms with Crippen LogP contribution in [0.3, 0.4) is 0 Å². The number of hydrogen-bond acceptors (Lipinski definition) is 4. The summed E-state index contributed by atoms with van der Waals surface area (Å²) in [5.41, 5.74) is 2.55. The highest BCUT2D eigenvalue weighted by atomic mass is 32.2. The second kappa shape index (κ2) is 8.72. The van der Waals surface area contributed by atoms with Crippen LogP contribution in [0.2, 0.25) is 0 Å². The second-order valence-electron chi connectivity index (χ2n) is 6.79. The van der Waals surface area contributed by atoms with Crippen LogP contribution in [-0.2, 0) is 21.5 Å². The zero-order chi connectivity index (χ0) is 20.1. The van der Waals surface area contributed by atoms with Gasteiger partial charge in [0.2, 0.25) is 5.91 Å². The van der Waals surface area contributed by atoms with Crippen molar-refractivity contribution in [1.82, 2.24) is 8.61 Å². The van der Waals surface area contributed by atoms with E-state index in [1.807, 2.05) is 37.3 Å². The summed E-state index contributed by atoms with van der Waals surface area (Å²) in [6.07, 6.45) is 0.674. The first kappa shape index (κ1) is 20.3. The lowest BCUT2D eigenvalue weighted by Gasteiger charge is -2.34. The van der Waals surface area contributed by atoms with E-state index in [-0.39, 0.29) is 19.0 Å². The summed E-state index contributed by atoms with van der Waals surface area (Å²) < 4.78 is 33.6. The van der Waals surface area contributed by atoms with Crippen molar-refractivity contribution in [2.24, 2.45) is 0 Å². The molecule has 1 heterocycles. The Labute approximate surface area is 166 Å². The van der Waals surface area contributed by atoms with Crippen molar-refractivity contribution in [3.8, 4) is 5.75 Å². The van der Waals surface area contributed by atoms with Crippen LogP contribution in [0.5, 0.6) is 5.75 Å². The van der Waals surface area contributed by atoms with Gasteiger partial charge in [0.1, 0.15) is 5.75 Å². The van der Waals surface area contributed by atoms with Crippen molar-refractivity contribution < 1.29 is 17.9 Å². The molecule has 7 nitrogen and oxygen atoms in total. The number of anilines is 1. The van der Waals surface area contributed by atoms with Crippen LogP contribution in [0.4, 0.5) is 5.69 Å². The summed E-state index contributed by atoms with van der Waals surface area (Å²) in [6, 6.07) is 14.7. The van der Waals surface area contributed by atoms with E-state index in [1.165, 1.54) is 8.61 Å². The molecule has 0 bridgehead atoms. The zero-order valence-electron chi connectivity index (χ0n) is 16.1. The molecule has 0 aromatic heterocycles. The Morgan fingerprint density at radius 1 is 1.11 bits per heavy atom. The Kier molecular flexibility index (Phi) is 6.33. The number of methoxy groups -OCH3 is 1. The average molecular weight is 404 g/mol. The molecule has 0 aliphatic carbocycles. The van der Waals surface area contributed by atoms with Crippen molar-refractivity contribution in [3.63, 3.8) is 0 Å². The number of nitrogens with one attached hydrogen (secondary N) is 1. The van der Waals surface area contributed by atoms with Gasteiger partial charge in [0.25, 0.3) is 10.2 Å². The number of rotatable bonds is 6. The van der Waals surface area contributed by atoms with Gasteiger partial charge in [-0.2, -0.15) is 17.0 Å². The van der Waals surface area contributed by atoms with Crippen molar-refractivity contribution >= 4 is 21.8 Å². The maximum atomic E-state index is 12.9. The maximum absolute atomic E-state index is 12.9. The van der Waals surface area contributed by atoms with Gasteiger partial charge in [-0.05, 0) is 48.7 Å². The van der Waals surface area contributed by atoms with E-state index in [1.54, 1.807) is 25.3 Å². The lowest BCUT2D eigenvalue weighted by atomic mass is 10.2. The van der Waals surface area contributed by atoms with E-state index in [9.17, 15) is 13.2 Å². The molecule has 1 fully saturated rings. The van der Waals surface area contributed by atoms with E-state index in [0.717, 1.165) is 16.9 Å². The Balaban J connectivity index is 1.65. The first-order valence-electron chi connectivity index (χ1n) is 9.13. The van der Waals surface area contributed by atoms with Crippen LogP contribution in [0.15, 0.2) is 48.5 Å². The minimum atomic E-state index is -3.70. The fourth-order valence-corrected chi connectivity index (χ4v) is 4.80. The number of aryl methyl sites for hydroxylation is 1. The van der Waals surface area contributed by atoms with Gasteiger partial charge in [0.15, 0.2) is 0 Å². The zero-order valence-corrected chi connectivity index (χ0v) is 16.9. The summed E-state index contributed by atoms with van der Waals surface area (Å²) in [5, 5.41) is 2.77. The van der Waals surface area contributed by atoms with Gasteiger partial charge >= 0.3 is 0 Å². The van der Waals surface area contributed by atoms with Crippen LogP contribution in [0.25, 0.3) is 0 Å². The molecular weight excluding hydrogens is 378 g/mol. The molecule has 0 radical (unpaired) electrons. The Morgan fingerprint density at radius 2 is 1.82 bits per heavy atom. The molecule has 3 rings (SSSR count). The molecule has 1 saturated heterocycles. The molecule has 0 atom stereocenters. The summed E-state index contributed by atoms with van der Waals surface area (Å²) in [4.78, 5) is 12.4. The van der Waals surface area contributed by atoms with E-state index in [4.69, 9.17) is 4.74 Å². The molecule has 28 heavy (non-hydrogen) atoms. The minimum Gasteiger partial charge on any atom is -0.497 e. The van der Waals surface area contributed by atoms with Gasteiger partial charge in [-0.3, -0.25) is 4.79 Å². The van der Waals surface area contributed by atoms with E-state index >= 15 is 0 Å². The number of nitrogens with zero attached hydrogens (tertiary/aromatic N) is 2. The third kappa shape index (κ3) is 4.89. The molecule has 8 heteroatoms. The summed E-state index contributed by atoms with van der Waals surface area (Å²) in [5.74, 6) is 0.375. The minimum absolute atomic E-state index is 0.199. The molecule has 150 valence electrons. The molecule has 2 aromatic rings. The largest absolute Gasteiger partial charge is 0.497 e. The highest BCUT2D eigenvalue weighted by Gasteiger charge is 2.34. The van der Waals surface area contributed by atoms with E-state index < -0.39 is 10.2 Å². The average Bonchev–Trinajstić information content (AvgIpc) is 2.66. The Bertz CT molecular complexity index is 929. The molecule has 0 unspecified atom stereocenters. The van der Waals surface area contributed by atoms with Crippen LogP contribution < -0.4 is 10.1 Å². The van der Waals surface area contributed by atoms with Gasteiger partial charge in [-0.25, -0.2) is 0 Å². The molecule has 0 saturated carbocycles. The monoisotopic (exact) mass is 403 g/mol. The summed E-state index contributed by atoms with van der Waals surface area (Å²) in [7, 11) is -2.11. The smallest absolute Gasteiger partial charge is 0.282 e. The van der Waals surface area contributed by atoms with Gasteiger partial charge in [-0.1, -0.05) is 24.3 Å². The molecule has 1 aliphatic rings. The van der Waals surface area contributed by atoms with Gasteiger partial charge in [-0.15, -0.1) is 0 Å². The van der Waals surface area contributed by atoms with E-state index in [2.05, 4.69) is 5.32 Å². The Morgan fingerprint density at radius 3 is 2.50 bits per heavy atom. The first-order valence-corrected chi connectivity index (χ1v) is 10.5. The SMILES string of the molecule is COc1ccc(CN2CCCN(CC(=O)Nc3cccc(C)c3)S2(=O)=O)cc1. The van der Waals surface area contributed by atoms with Crippen molar-refractivity contribution in [1.29, 1.82) is 0 Å². The normalized spacial score (nSPS) is 17.2. The van der Waals surface area contributed by atoms with Crippen LogP contribution in [-0.4, -0.2) is 49.7 Å². The number of hydrogen-bond donors (Lipinski definition) is 1. The topological polar surface area (TPSA) is 79.0 Å². The number of carbonyl (C=O) groups is 1. The maximum Gasteiger partial charge on any atom is 0.282 e. The quantitative estimate of drug-likeness (QED) is 0.803. The summed E-state index contributed by atoms with van der Waals surface area (Å²) >= 11 is 0. The number of amides is 1. The first-order chi connectivity index (χ1) is 13.4. The van der Waals surface area contributed by atoms with Crippen molar-refractivity contribution in [3.05, 3.63) is 59.7 Å². The van der Waals surface area contributed by atoms with Gasteiger partial charge in [0.05, 0.1) is 13.7 Å². The number of benzene rings is 2. The van der Waals surface area contributed by atoms with Gasteiger partial charge < -0.3 is 10.1 Å². The van der Waals surface area contributed by atoms with Crippen LogP contribution in [0.1, 0.15) is 17.5 Å².